The minimum atomic E-state index is 0.650. The fraction of sp³-hybridized carbons (Fsp3) is 0.0667. The van der Waals surface area contributed by atoms with Crippen molar-refractivity contribution in [2.24, 2.45) is 0 Å². The molecule has 0 bridgehead atoms. The molecule has 3 heteroatoms. The third-order valence-corrected chi connectivity index (χ3v) is 3.75. The van der Waals surface area contributed by atoms with Crippen molar-refractivity contribution in [2.75, 3.05) is 5.33 Å². The van der Waals surface area contributed by atoms with Crippen molar-refractivity contribution >= 4 is 50.8 Å². The number of hydrogen-bond donors (Lipinski definition) is 0. The molecule has 0 radical (unpaired) electrons. The van der Waals surface area contributed by atoms with Gasteiger partial charge in [0.05, 0.1) is 0 Å². The van der Waals surface area contributed by atoms with E-state index in [0.717, 1.165) is 10.9 Å². The van der Waals surface area contributed by atoms with Crippen molar-refractivity contribution < 1.29 is 0 Å². The largest absolute Gasteiger partial charge is 0.0876 e. The van der Waals surface area contributed by atoms with Crippen molar-refractivity contribution in [1.82, 2.24) is 0 Å². The highest BCUT2D eigenvalue weighted by atomic mass is 79.9. The number of rotatable bonds is 3. The van der Waals surface area contributed by atoms with Crippen LogP contribution in [-0.4, -0.2) is 5.33 Å². The summed E-state index contributed by atoms with van der Waals surface area (Å²) in [7, 11) is 0. The van der Waals surface area contributed by atoms with E-state index in [-0.39, 0.29) is 0 Å². The first-order valence-corrected chi connectivity index (χ1v) is 7.35. The summed E-state index contributed by atoms with van der Waals surface area (Å²) in [6.07, 6.45) is 2.07. The Labute approximate surface area is 125 Å². The Hall–Kier alpha value is -0.760. The van der Waals surface area contributed by atoms with Gasteiger partial charge in [0.1, 0.15) is 0 Å². The van der Waals surface area contributed by atoms with Gasteiger partial charge in [-0.25, -0.2) is 0 Å². The normalized spacial score (nSPS) is 11.6. The number of halogens is 3. The average Bonchev–Trinajstić information content (AvgIpc) is 2.39. The lowest BCUT2D eigenvalue weighted by Crippen LogP contribution is -1.86. The molecule has 0 nitrogen and oxygen atoms in total. The molecule has 0 atom stereocenters. The zero-order valence-electron chi connectivity index (χ0n) is 9.54. The van der Waals surface area contributed by atoms with E-state index in [1.807, 2.05) is 30.3 Å². The fourth-order valence-corrected chi connectivity index (χ4v) is 2.61. The highest BCUT2D eigenvalue weighted by Gasteiger charge is 2.03. The molecule has 0 saturated heterocycles. The van der Waals surface area contributed by atoms with Crippen LogP contribution in [0, 0.1) is 0 Å². The molecule has 0 heterocycles. The van der Waals surface area contributed by atoms with Crippen molar-refractivity contribution in [3.05, 3.63) is 69.7 Å². The van der Waals surface area contributed by atoms with Gasteiger partial charge < -0.3 is 0 Å². The van der Waals surface area contributed by atoms with Gasteiger partial charge in [0.2, 0.25) is 0 Å². The summed E-state index contributed by atoms with van der Waals surface area (Å²) in [5.41, 5.74) is 3.33. The van der Waals surface area contributed by atoms with Crippen molar-refractivity contribution in [3.8, 4) is 0 Å². The molecule has 0 saturated carbocycles. The minimum absolute atomic E-state index is 0.650. The van der Waals surface area contributed by atoms with Crippen LogP contribution >= 0.6 is 39.1 Å². The molecule has 2 aromatic carbocycles. The molecular weight excluding hydrogens is 331 g/mol. The summed E-state index contributed by atoms with van der Waals surface area (Å²) in [6, 6.07) is 15.7. The van der Waals surface area contributed by atoms with Gasteiger partial charge in [0, 0.05) is 15.4 Å². The second-order valence-corrected chi connectivity index (χ2v) is 5.24. The first-order valence-electron chi connectivity index (χ1n) is 5.47. The summed E-state index contributed by atoms with van der Waals surface area (Å²) in [6.45, 7) is 0. The molecule has 92 valence electrons. The zero-order valence-corrected chi connectivity index (χ0v) is 12.6. The molecule has 2 rings (SSSR count). The molecule has 18 heavy (non-hydrogen) atoms. The molecule has 0 unspecified atom stereocenters. The van der Waals surface area contributed by atoms with Crippen LogP contribution in [0.2, 0.25) is 10.0 Å². The van der Waals surface area contributed by atoms with E-state index in [4.69, 9.17) is 23.2 Å². The van der Waals surface area contributed by atoms with Gasteiger partial charge in [-0.3, -0.25) is 0 Å². The smallest absolute Gasteiger partial charge is 0.0493 e. The molecule has 0 amide bonds. The lowest BCUT2D eigenvalue weighted by Gasteiger charge is -2.06. The SMILES string of the molecule is Clc1ccc(C=C(CBr)c2ccccc2)c(Cl)c1. The summed E-state index contributed by atoms with van der Waals surface area (Å²) in [4.78, 5) is 0. The van der Waals surface area contributed by atoms with Gasteiger partial charge in [-0.05, 0) is 34.9 Å². The minimum Gasteiger partial charge on any atom is -0.0876 e. The van der Waals surface area contributed by atoms with E-state index in [0.29, 0.717) is 10.0 Å². The number of benzene rings is 2. The quantitative estimate of drug-likeness (QED) is 0.479. The highest BCUT2D eigenvalue weighted by molar-refractivity contribution is 9.09. The molecule has 0 aromatic heterocycles. The zero-order chi connectivity index (χ0) is 13.0. The fourth-order valence-electron chi connectivity index (χ4n) is 1.66. The van der Waals surface area contributed by atoms with Crippen LogP contribution < -0.4 is 0 Å². The first kappa shape index (κ1) is 13.7. The van der Waals surface area contributed by atoms with Crippen molar-refractivity contribution in [3.63, 3.8) is 0 Å². The molecule has 0 aliphatic heterocycles. The molecular formula is C15H11BrCl2. The first-order chi connectivity index (χ1) is 8.70. The molecule has 0 spiro atoms. The van der Waals surface area contributed by atoms with Crippen LogP contribution in [0.1, 0.15) is 11.1 Å². The van der Waals surface area contributed by atoms with Gasteiger partial charge in [0.25, 0.3) is 0 Å². The van der Waals surface area contributed by atoms with Crippen molar-refractivity contribution in [1.29, 1.82) is 0 Å². The van der Waals surface area contributed by atoms with E-state index >= 15 is 0 Å². The molecule has 0 fully saturated rings. The highest BCUT2D eigenvalue weighted by Crippen LogP contribution is 2.26. The maximum Gasteiger partial charge on any atom is 0.0493 e. The van der Waals surface area contributed by atoms with Gasteiger partial charge in [-0.1, -0.05) is 75.5 Å². The van der Waals surface area contributed by atoms with Crippen LogP contribution in [0.15, 0.2) is 48.5 Å². The lowest BCUT2D eigenvalue weighted by atomic mass is 10.0. The Kier molecular flexibility index (Phi) is 4.87. The van der Waals surface area contributed by atoms with Crippen LogP contribution in [-0.2, 0) is 0 Å². The monoisotopic (exact) mass is 340 g/mol. The topological polar surface area (TPSA) is 0 Å². The number of allylic oxidation sites excluding steroid dienone is 1. The Bertz CT molecular complexity index is 562. The Balaban J connectivity index is 2.41. The molecule has 2 aromatic rings. The third-order valence-electron chi connectivity index (χ3n) is 2.58. The van der Waals surface area contributed by atoms with E-state index < -0.39 is 0 Å². The summed E-state index contributed by atoms with van der Waals surface area (Å²) < 4.78 is 0. The summed E-state index contributed by atoms with van der Waals surface area (Å²) in [5.74, 6) is 0. The molecule has 0 aliphatic rings. The molecule has 0 aliphatic carbocycles. The van der Waals surface area contributed by atoms with Gasteiger partial charge >= 0.3 is 0 Å². The van der Waals surface area contributed by atoms with Crippen LogP contribution in [0.3, 0.4) is 0 Å². The van der Waals surface area contributed by atoms with Crippen molar-refractivity contribution in [2.45, 2.75) is 0 Å². The Morgan fingerprint density at radius 3 is 2.39 bits per heavy atom. The Morgan fingerprint density at radius 1 is 1.06 bits per heavy atom. The summed E-state index contributed by atoms with van der Waals surface area (Å²) >= 11 is 15.6. The molecule has 0 N–H and O–H groups in total. The van der Waals surface area contributed by atoms with E-state index in [2.05, 4.69) is 34.1 Å². The maximum atomic E-state index is 6.17. The second-order valence-electron chi connectivity index (χ2n) is 3.84. The lowest BCUT2D eigenvalue weighted by molar-refractivity contribution is 1.58. The number of hydrogen-bond acceptors (Lipinski definition) is 0. The average molecular weight is 342 g/mol. The predicted molar refractivity (Wildman–Crippen MR) is 84.6 cm³/mol. The van der Waals surface area contributed by atoms with E-state index in [9.17, 15) is 0 Å². The van der Waals surface area contributed by atoms with Gasteiger partial charge in [0.15, 0.2) is 0 Å². The summed E-state index contributed by atoms with van der Waals surface area (Å²) in [5, 5.41) is 2.09. The van der Waals surface area contributed by atoms with Gasteiger partial charge in [-0.15, -0.1) is 0 Å². The van der Waals surface area contributed by atoms with Gasteiger partial charge in [-0.2, -0.15) is 0 Å². The van der Waals surface area contributed by atoms with E-state index in [1.54, 1.807) is 6.07 Å². The number of alkyl halides is 1. The van der Waals surface area contributed by atoms with Crippen LogP contribution in [0.5, 0.6) is 0 Å². The van der Waals surface area contributed by atoms with Crippen LogP contribution in [0.25, 0.3) is 11.6 Å². The third kappa shape index (κ3) is 3.38. The van der Waals surface area contributed by atoms with E-state index in [1.165, 1.54) is 11.1 Å². The maximum absolute atomic E-state index is 6.17. The van der Waals surface area contributed by atoms with Crippen LogP contribution in [0.4, 0.5) is 0 Å². The predicted octanol–water partition coefficient (Wildman–Crippen LogP) is 5.93. The second kappa shape index (κ2) is 6.42. The Morgan fingerprint density at radius 2 is 1.78 bits per heavy atom. The standard InChI is InChI=1S/C15H11BrCl2/c16-10-13(11-4-2-1-3-5-11)8-12-6-7-14(17)9-15(12)18/h1-9H,10H2.